The molecule has 0 saturated heterocycles. The van der Waals surface area contributed by atoms with Gasteiger partial charge in [0, 0.05) is 24.4 Å². The molecule has 4 rings (SSSR count). The van der Waals surface area contributed by atoms with Gasteiger partial charge in [0.15, 0.2) is 5.65 Å². The topological polar surface area (TPSA) is 88.4 Å². The van der Waals surface area contributed by atoms with E-state index >= 15 is 0 Å². The fourth-order valence-corrected chi connectivity index (χ4v) is 4.14. The first kappa shape index (κ1) is 20.3. The molecule has 1 aromatic carbocycles. The van der Waals surface area contributed by atoms with Crippen LogP contribution in [0, 0.1) is 18.7 Å². The van der Waals surface area contributed by atoms with E-state index in [1.54, 1.807) is 29.9 Å². The van der Waals surface area contributed by atoms with Crippen molar-refractivity contribution in [2.45, 2.75) is 38.6 Å². The van der Waals surface area contributed by atoms with E-state index in [0.29, 0.717) is 48.1 Å². The summed E-state index contributed by atoms with van der Waals surface area (Å²) in [6.07, 6.45) is 7.51. The average molecular weight is 430 g/mol. The van der Waals surface area contributed by atoms with E-state index in [4.69, 9.17) is 11.6 Å². The molecular weight excluding hydrogens is 409 g/mol. The first-order chi connectivity index (χ1) is 14.4. The van der Waals surface area contributed by atoms with Crippen LogP contribution in [0.5, 0.6) is 0 Å². The number of anilines is 1. The molecule has 0 bridgehead atoms. The highest BCUT2D eigenvalue weighted by Crippen LogP contribution is 2.30. The molecule has 2 amide bonds. The number of nitrogens with zero attached hydrogens (tertiary/aromatic N) is 3. The van der Waals surface area contributed by atoms with Gasteiger partial charge in [-0.1, -0.05) is 11.6 Å². The van der Waals surface area contributed by atoms with Crippen LogP contribution in [0.3, 0.4) is 0 Å². The van der Waals surface area contributed by atoms with Crippen LogP contribution in [0.4, 0.5) is 10.1 Å². The van der Waals surface area contributed by atoms with Gasteiger partial charge in [-0.25, -0.2) is 13.9 Å². The summed E-state index contributed by atoms with van der Waals surface area (Å²) >= 11 is 6.07. The first-order valence-electron chi connectivity index (χ1n) is 9.78. The van der Waals surface area contributed by atoms with Crippen LogP contribution in [0.25, 0.3) is 5.65 Å². The zero-order valence-electron chi connectivity index (χ0n) is 16.4. The van der Waals surface area contributed by atoms with Crippen molar-refractivity contribution in [2.75, 3.05) is 5.32 Å². The van der Waals surface area contributed by atoms with E-state index in [1.807, 2.05) is 0 Å². The number of nitrogens with one attached hydrogen (secondary N) is 2. The third-order valence-corrected chi connectivity index (χ3v) is 5.76. The van der Waals surface area contributed by atoms with Gasteiger partial charge in [-0.2, -0.15) is 5.10 Å². The quantitative estimate of drug-likeness (QED) is 0.661. The van der Waals surface area contributed by atoms with Gasteiger partial charge in [0.25, 0.3) is 5.91 Å². The van der Waals surface area contributed by atoms with Crippen LogP contribution < -0.4 is 10.6 Å². The lowest BCUT2D eigenvalue weighted by atomic mass is 9.85. The summed E-state index contributed by atoms with van der Waals surface area (Å²) in [5, 5.41) is 10.2. The number of fused-ring (bicyclic) bond motifs is 1. The van der Waals surface area contributed by atoms with Crippen molar-refractivity contribution < 1.29 is 14.0 Å². The molecule has 1 aliphatic carbocycles. The molecule has 156 valence electrons. The molecule has 2 heterocycles. The number of rotatable bonds is 4. The lowest BCUT2D eigenvalue weighted by Crippen LogP contribution is -2.39. The average Bonchev–Trinajstić information content (AvgIpc) is 3.15. The monoisotopic (exact) mass is 429 g/mol. The Morgan fingerprint density at radius 1 is 1.23 bits per heavy atom. The Morgan fingerprint density at radius 3 is 2.73 bits per heavy atom. The minimum atomic E-state index is -0.437. The summed E-state index contributed by atoms with van der Waals surface area (Å²) in [7, 11) is 0. The number of carbonyl (C=O) groups excluding carboxylic acids is 2. The highest BCUT2D eigenvalue weighted by atomic mass is 35.5. The maximum Gasteiger partial charge on any atom is 0.256 e. The molecule has 0 aliphatic heterocycles. The zero-order valence-corrected chi connectivity index (χ0v) is 17.1. The normalized spacial score (nSPS) is 18.9. The summed E-state index contributed by atoms with van der Waals surface area (Å²) < 4.78 is 14.9. The minimum Gasteiger partial charge on any atom is -0.349 e. The highest BCUT2D eigenvalue weighted by molar-refractivity contribution is 6.34. The van der Waals surface area contributed by atoms with E-state index in [2.05, 4.69) is 20.7 Å². The molecule has 1 fully saturated rings. The van der Waals surface area contributed by atoms with Crippen LogP contribution in [0.2, 0.25) is 5.02 Å². The van der Waals surface area contributed by atoms with E-state index < -0.39 is 5.82 Å². The molecule has 30 heavy (non-hydrogen) atoms. The van der Waals surface area contributed by atoms with Gasteiger partial charge >= 0.3 is 0 Å². The summed E-state index contributed by atoms with van der Waals surface area (Å²) in [6, 6.07) is 4.25. The summed E-state index contributed by atoms with van der Waals surface area (Å²) in [5.74, 6) is -0.973. The molecule has 0 unspecified atom stereocenters. The Bertz CT molecular complexity index is 1080. The van der Waals surface area contributed by atoms with E-state index in [-0.39, 0.29) is 28.8 Å². The van der Waals surface area contributed by atoms with Gasteiger partial charge < -0.3 is 10.6 Å². The fourth-order valence-electron chi connectivity index (χ4n) is 3.84. The fraction of sp³-hybridized carbons (Fsp3) is 0.333. The second kappa shape index (κ2) is 8.39. The molecule has 7 nitrogen and oxygen atoms in total. The zero-order chi connectivity index (χ0) is 21.3. The molecule has 9 heteroatoms. The third-order valence-electron chi connectivity index (χ3n) is 5.46. The predicted molar refractivity (Wildman–Crippen MR) is 111 cm³/mol. The summed E-state index contributed by atoms with van der Waals surface area (Å²) in [6.45, 7) is 1.70. The summed E-state index contributed by atoms with van der Waals surface area (Å²) in [4.78, 5) is 29.5. The Kier molecular flexibility index (Phi) is 5.67. The Balaban J connectivity index is 1.34. The van der Waals surface area contributed by atoms with Gasteiger partial charge in [-0.05, 0) is 56.4 Å². The number of hydrogen-bond donors (Lipinski definition) is 2. The molecule has 0 radical (unpaired) electrons. The maximum atomic E-state index is 13.4. The number of aryl methyl sites for hydroxylation is 1. The second-order valence-corrected chi connectivity index (χ2v) is 7.94. The van der Waals surface area contributed by atoms with Gasteiger partial charge in [0.2, 0.25) is 5.91 Å². The van der Waals surface area contributed by atoms with E-state index in [0.717, 1.165) is 0 Å². The lowest BCUT2D eigenvalue weighted by molar-refractivity contribution is -0.120. The molecular formula is C21H21ClFN5O2. The Morgan fingerprint density at radius 2 is 2.00 bits per heavy atom. The van der Waals surface area contributed by atoms with Gasteiger partial charge in [0.1, 0.15) is 11.4 Å². The van der Waals surface area contributed by atoms with Crippen molar-refractivity contribution in [3.8, 4) is 0 Å². The number of halogens is 2. The van der Waals surface area contributed by atoms with Crippen LogP contribution in [-0.4, -0.2) is 32.5 Å². The van der Waals surface area contributed by atoms with Gasteiger partial charge in [-0.3, -0.25) is 9.59 Å². The number of aromatic nitrogens is 3. The van der Waals surface area contributed by atoms with Gasteiger partial charge in [0.05, 0.1) is 16.9 Å². The minimum absolute atomic E-state index is 0.0173. The van der Waals surface area contributed by atoms with Crippen molar-refractivity contribution in [1.29, 1.82) is 0 Å². The second-order valence-electron chi connectivity index (χ2n) is 7.54. The van der Waals surface area contributed by atoms with Crippen LogP contribution in [0.15, 0.2) is 36.8 Å². The van der Waals surface area contributed by atoms with Crippen molar-refractivity contribution >= 4 is 34.7 Å². The van der Waals surface area contributed by atoms with Crippen LogP contribution in [-0.2, 0) is 4.79 Å². The lowest BCUT2D eigenvalue weighted by Gasteiger charge is -2.28. The summed E-state index contributed by atoms with van der Waals surface area (Å²) in [5.41, 5.74) is 1.96. The molecule has 2 aromatic heterocycles. The van der Waals surface area contributed by atoms with Crippen molar-refractivity contribution in [3.63, 3.8) is 0 Å². The molecule has 0 spiro atoms. The largest absolute Gasteiger partial charge is 0.349 e. The van der Waals surface area contributed by atoms with Crippen molar-refractivity contribution in [2.24, 2.45) is 5.92 Å². The number of hydrogen-bond acceptors (Lipinski definition) is 4. The van der Waals surface area contributed by atoms with Gasteiger partial charge in [-0.15, -0.1) is 0 Å². The first-order valence-corrected chi connectivity index (χ1v) is 10.2. The molecule has 3 aromatic rings. The van der Waals surface area contributed by atoms with E-state index in [9.17, 15) is 14.0 Å². The molecule has 0 atom stereocenters. The smallest absolute Gasteiger partial charge is 0.256 e. The van der Waals surface area contributed by atoms with Crippen LogP contribution in [0.1, 0.15) is 41.6 Å². The third kappa shape index (κ3) is 4.14. The Labute approximate surface area is 177 Å². The number of amides is 2. The SMILES string of the molecule is Cc1cc(F)cc(Cl)c1NC(=O)C1CCC(NC(=O)c2cnn3cccnc23)CC1. The van der Waals surface area contributed by atoms with Crippen LogP contribution >= 0.6 is 11.6 Å². The number of benzene rings is 1. The maximum absolute atomic E-state index is 13.4. The van der Waals surface area contributed by atoms with E-state index in [1.165, 1.54) is 18.3 Å². The Hall–Kier alpha value is -3.00. The van der Waals surface area contributed by atoms with Crippen molar-refractivity contribution in [3.05, 3.63) is 58.8 Å². The number of carbonyl (C=O) groups is 2. The predicted octanol–water partition coefficient (Wildman–Crippen LogP) is 3.76. The van der Waals surface area contributed by atoms with Crippen molar-refractivity contribution in [1.82, 2.24) is 19.9 Å². The molecule has 1 aliphatic rings. The molecule has 1 saturated carbocycles. The highest BCUT2D eigenvalue weighted by Gasteiger charge is 2.28. The standard InChI is InChI=1S/C21H21ClFN5O2/c1-12-9-14(23)10-17(22)18(12)27-20(29)13-3-5-15(6-4-13)26-21(30)16-11-25-28-8-2-7-24-19(16)28/h2,7-11,13,15H,3-6H2,1H3,(H,26,30)(H,27,29). The molecule has 2 N–H and O–H groups in total.